The van der Waals surface area contributed by atoms with Crippen molar-refractivity contribution in [3.8, 4) is 0 Å². The van der Waals surface area contributed by atoms with Crippen LogP contribution in [0.1, 0.15) is 52.9 Å². The number of carboxylic acids is 2. The topological polar surface area (TPSA) is 102 Å². The zero-order chi connectivity index (χ0) is 25.8. The van der Waals surface area contributed by atoms with Crippen molar-refractivity contribution in [3.63, 3.8) is 0 Å². The van der Waals surface area contributed by atoms with Gasteiger partial charge in [0.25, 0.3) is 0 Å². The van der Waals surface area contributed by atoms with E-state index in [1.807, 2.05) is 20.8 Å². The standard InChI is InChI=1S/C22H46O7Si4/c1-21(2,17(19(25)26)16(18(23)24)15-13-11-10-12-14-15)22(3,28-33(7,8)9)20(31-29-30)27-32(4,5)6/h15,20H,10-14,31H2,1-9,30H3,(H,23,24)(H,25,26)/b17-16-. The molecule has 0 heterocycles. The summed E-state index contributed by atoms with van der Waals surface area (Å²) in [6.07, 6.45) is 4.29. The lowest BCUT2D eigenvalue weighted by Gasteiger charge is -2.53. The van der Waals surface area contributed by atoms with Crippen molar-refractivity contribution in [2.75, 3.05) is 0 Å². The van der Waals surface area contributed by atoms with Gasteiger partial charge < -0.3 is 23.2 Å². The van der Waals surface area contributed by atoms with Gasteiger partial charge in [0.2, 0.25) is 0 Å². The Bertz CT molecular complexity index is 734. The van der Waals surface area contributed by atoms with E-state index in [9.17, 15) is 19.8 Å². The Balaban J connectivity index is 3.88. The molecule has 0 saturated heterocycles. The molecule has 7 nitrogen and oxygen atoms in total. The van der Waals surface area contributed by atoms with Crippen molar-refractivity contribution in [3.05, 3.63) is 11.1 Å². The summed E-state index contributed by atoms with van der Waals surface area (Å²) < 4.78 is 19.2. The molecule has 0 radical (unpaired) electrons. The van der Waals surface area contributed by atoms with E-state index in [1.165, 1.54) is 0 Å². The van der Waals surface area contributed by atoms with E-state index in [0.717, 1.165) is 19.3 Å². The Kier molecular flexibility index (Phi) is 10.6. The van der Waals surface area contributed by atoms with Gasteiger partial charge in [-0.3, -0.25) is 0 Å². The first kappa shape index (κ1) is 30.5. The van der Waals surface area contributed by atoms with E-state index in [2.05, 4.69) is 39.3 Å². The van der Waals surface area contributed by atoms with Gasteiger partial charge in [-0.25, -0.2) is 9.59 Å². The fraction of sp³-hybridized carbons (Fsp3) is 0.818. The van der Waals surface area contributed by atoms with Gasteiger partial charge in [0.05, 0.1) is 22.5 Å². The molecule has 0 aromatic heterocycles. The molecule has 2 unspecified atom stereocenters. The lowest BCUT2D eigenvalue weighted by atomic mass is 9.66. The Hall–Kier alpha value is -0.572. The molecule has 1 rings (SSSR count). The zero-order valence-electron chi connectivity index (χ0n) is 22.3. The van der Waals surface area contributed by atoms with Crippen LogP contribution in [0, 0.1) is 11.3 Å². The van der Waals surface area contributed by atoms with Gasteiger partial charge in [-0.05, 0) is 65.0 Å². The Morgan fingerprint density at radius 3 is 1.82 bits per heavy atom. The van der Waals surface area contributed by atoms with Crippen LogP contribution >= 0.6 is 0 Å². The van der Waals surface area contributed by atoms with Gasteiger partial charge in [0.15, 0.2) is 26.4 Å². The molecule has 33 heavy (non-hydrogen) atoms. The molecule has 0 aromatic carbocycles. The maximum absolute atomic E-state index is 12.8. The van der Waals surface area contributed by atoms with Gasteiger partial charge in [-0.15, -0.1) is 0 Å². The van der Waals surface area contributed by atoms with Crippen LogP contribution in [-0.2, 0) is 22.6 Å². The fourth-order valence-electron chi connectivity index (χ4n) is 4.96. The van der Waals surface area contributed by atoms with Crippen LogP contribution in [0.4, 0.5) is 0 Å². The first-order chi connectivity index (χ1) is 14.9. The molecule has 0 spiro atoms. The van der Waals surface area contributed by atoms with Crippen LogP contribution in [0.25, 0.3) is 0 Å². The number of carboxylic acid groups (broad SMARTS) is 2. The summed E-state index contributed by atoms with van der Waals surface area (Å²) in [6.45, 7) is 18.1. The van der Waals surface area contributed by atoms with Gasteiger partial charge in [0.1, 0.15) is 10.5 Å². The van der Waals surface area contributed by atoms with E-state index >= 15 is 0 Å². The average molecular weight is 535 g/mol. The highest BCUT2D eigenvalue weighted by atomic mass is 28.4. The summed E-state index contributed by atoms with van der Waals surface area (Å²) in [5, 5.41) is 20.7. The largest absolute Gasteiger partial charge is 0.478 e. The van der Waals surface area contributed by atoms with Crippen molar-refractivity contribution >= 4 is 48.8 Å². The molecule has 2 N–H and O–H groups in total. The summed E-state index contributed by atoms with van der Waals surface area (Å²) in [5.74, 6) is -2.59. The predicted molar refractivity (Wildman–Crippen MR) is 143 cm³/mol. The van der Waals surface area contributed by atoms with Crippen LogP contribution in [0.3, 0.4) is 0 Å². The first-order valence-electron chi connectivity index (χ1n) is 12.0. The normalized spacial score (nSPS) is 20.5. The molecule has 11 heteroatoms. The third-order valence-corrected chi connectivity index (χ3v) is 11.5. The number of rotatable bonds is 12. The second-order valence-corrected chi connectivity index (χ2v) is 24.1. The second kappa shape index (κ2) is 11.4. The minimum atomic E-state index is -2.20. The lowest BCUT2D eigenvalue weighted by Crippen LogP contribution is -2.63. The molecule has 1 saturated carbocycles. The molecule has 1 fully saturated rings. The van der Waals surface area contributed by atoms with Crippen molar-refractivity contribution in [2.24, 2.45) is 11.3 Å². The summed E-state index contributed by atoms with van der Waals surface area (Å²) >= 11 is 0. The molecular weight excluding hydrogens is 489 g/mol. The highest BCUT2D eigenvalue weighted by Crippen LogP contribution is 2.48. The second-order valence-electron chi connectivity index (χ2n) is 11.9. The third kappa shape index (κ3) is 7.97. The van der Waals surface area contributed by atoms with Crippen molar-refractivity contribution in [1.82, 2.24) is 0 Å². The zero-order valence-corrected chi connectivity index (χ0v) is 27.7. The predicted octanol–water partition coefficient (Wildman–Crippen LogP) is 3.23. The Labute approximate surface area is 207 Å². The molecule has 2 atom stereocenters. The minimum absolute atomic E-state index is 0.0396. The van der Waals surface area contributed by atoms with Crippen molar-refractivity contribution in [2.45, 2.75) is 103 Å². The smallest absolute Gasteiger partial charge is 0.332 e. The summed E-state index contributed by atoms with van der Waals surface area (Å²) in [4.78, 5) is 25.3. The summed E-state index contributed by atoms with van der Waals surface area (Å²) in [7, 11) is -4.89. The fourth-order valence-corrected chi connectivity index (χ4v) is 11.8. The van der Waals surface area contributed by atoms with Crippen molar-refractivity contribution < 1.29 is 32.8 Å². The molecule has 0 aliphatic heterocycles. The number of aliphatic carboxylic acids is 2. The Morgan fingerprint density at radius 1 is 0.939 bits per heavy atom. The lowest BCUT2D eigenvalue weighted by molar-refractivity contribution is -0.140. The highest BCUT2D eigenvalue weighted by Gasteiger charge is 2.56. The number of hydrogen-bond acceptors (Lipinski definition) is 5. The van der Waals surface area contributed by atoms with Gasteiger partial charge >= 0.3 is 11.9 Å². The molecule has 1 aliphatic rings. The van der Waals surface area contributed by atoms with E-state index < -0.39 is 49.4 Å². The molecule has 1 aliphatic carbocycles. The minimum Gasteiger partial charge on any atom is -0.478 e. The van der Waals surface area contributed by atoms with Crippen LogP contribution in [-0.4, -0.2) is 70.4 Å². The van der Waals surface area contributed by atoms with Crippen molar-refractivity contribution in [1.29, 1.82) is 0 Å². The van der Waals surface area contributed by atoms with E-state index in [-0.39, 0.29) is 22.8 Å². The van der Waals surface area contributed by atoms with Gasteiger partial charge in [-0.2, -0.15) is 0 Å². The van der Waals surface area contributed by atoms with E-state index in [1.54, 1.807) is 0 Å². The first-order valence-corrected chi connectivity index (χ1v) is 21.0. The van der Waals surface area contributed by atoms with Crippen LogP contribution < -0.4 is 0 Å². The average Bonchev–Trinajstić information content (AvgIpc) is 2.62. The van der Waals surface area contributed by atoms with Crippen LogP contribution in [0.5, 0.6) is 0 Å². The highest BCUT2D eigenvalue weighted by molar-refractivity contribution is 6.70. The summed E-state index contributed by atoms with van der Waals surface area (Å²) in [5.41, 5.74) is -2.56. The summed E-state index contributed by atoms with van der Waals surface area (Å²) in [6, 6.07) is 0. The maximum atomic E-state index is 12.8. The van der Waals surface area contributed by atoms with Gasteiger partial charge in [-0.1, -0.05) is 33.1 Å². The monoisotopic (exact) mass is 534 g/mol. The molecule has 192 valence electrons. The molecule has 0 bridgehead atoms. The number of hydrogen-bond donors (Lipinski definition) is 2. The maximum Gasteiger partial charge on any atom is 0.332 e. The number of carbonyl (C=O) groups is 2. The third-order valence-electron chi connectivity index (χ3n) is 6.54. The van der Waals surface area contributed by atoms with Crippen LogP contribution in [0.15, 0.2) is 11.1 Å². The molecule has 0 aromatic rings. The van der Waals surface area contributed by atoms with Crippen LogP contribution in [0.2, 0.25) is 39.3 Å². The molecular formula is C22H46O7Si4. The van der Waals surface area contributed by atoms with E-state index in [0.29, 0.717) is 23.3 Å². The molecule has 0 amide bonds. The van der Waals surface area contributed by atoms with Gasteiger partial charge in [0, 0.05) is 5.41 Å². The Morgan fingerprint density at radius 2 is 1.45 bits per heavy atom. The quantitative estimate of drug-likeness (QED) is 0.293. The van der Waals surface area contributed by atoms with E-state index in [4.69, 9.17) is 13.0 Å². The SMILES string of the molecule is CC(C)(/C(C(=O)O)=C(\C(=O)O)C1CCCCC1)C(C)(O[Si](C)(C)C)C(O[Si](C)(C)C)[SiH2]O[SiH3].